The number of likely N-dealkylation sites (tertiary alicyclic amines) is 1. The molecule has 30 heavy (non-hydrogen) atoms. The molecule has 2 saturated heterocycles. The van der Waals surface area contributed by atoms with Crippen molar-refractivity contribution in [3.8, 4) is 17.3 Å². The number of hydrogen-bond acceptors (Lipinski definition) is 6. The van der Waals surface area contributed by atoms with Gasteiger partial charge in [0.1, 0.15) is 5.69 Å². The van der Waals surface area contributed by atoms with Gasteiger partial charge < -0.3 is 14.4 Å². The van der Waals surface area contributed by atoms with Crippen LogP contribution in [0.15, 0.2) is 18.3 Å². The second kappa shape index (κ2) is 8.63. The SMILES string of the molecule is Cc1cnn(C)c1-c1ccc(OCC2C[C@@H]3CN(CC4CCOCC4)C[C@@H]3C2)nn1. The fourth-order valence-electron chi connectivity index (χ4n) is 5.74. The quantitative estimate of drug-likeness (QED) is 0.728. The lowest BCUT2D eigenvalue weighted by atomic mass is 9.99. The largest absolute Gasteiger partial charge is 0.476 e. The molecule has 1 aliphatic carbocycles. The van der Waals surface area contributed by atoms with E-state index in [1.165, 1.54) is 45.3 Å². The molecule has 4 heterocycles. The van der Waals surface area contributed by atoms with Crippen molar-refractivity contribution >= 4 is 0 Å². The highest BCUT2D eigenvalue weighted by Gasteiger charge is 2.41. The minimum Gasteiger partial charge on any atom is -0.476 e. The Kier molecular flexibility index (Phi) is 5.74. The molecule has 7 nitrogen and oxygen atoms in total. The molecule has 3 aliphatic rings. The maximum absolute atomic E-state index is 6.01. The predicted molar refractivity (Wildman–Crippen MR) is 114 cm³/mol. The molecule has 1 saturated carbocycles. The molecule has 3 fully saturated rings. The third kappa shape index (κ3) is 4.23. The molecule has 162 valence electrons. The van der Waals surface area contributed by atoms with Crippen LogP contribution in [0.3, 0.4) is 0 Å². The van der Waals surface area contributed by atoms with Gasteiger partial charge in [0.2, 0.25) is 5.88 Å². The van der Waals surface area contributed by atoms with E-state index in [0.29, 0.717) is 11.8 Å². The van der Waals surface area contributed by atoms with Gasteiger partial charge in [0.05, 0.1) is 18.5 Å². The van der Waals surface area contributed by atoms with Crippen LogP contribution in [0.25, 0.3) is 11.4 Å². The molecule has 5 rings (SSSR count). The normalized spacial score (nSPS) is 27.5. The van der Waals surface area contributed by atoms with Gasteiger partial charge in [-0.2, -0.15) is 5.10 Å². The van der Waals surface area contributed by atoms with Crippen LogP contribution in [-0.2, 0) is 11.8 Å². The summed E-state index contributed by atoms with van der Waals surface area (Å²) in [6, 6.07) is 3.91. The molecular weight excluding hydrogens is 378 g/mol. The van der Waals surface area contributed by atoms with Crippen LogP contribution in [0.5, 0.6) is 5.88 Å². The fraction of sp³-hybridized carbons (Fsp3) is 0.696. The van der Waals surface area contributed by atoms with Gasteiger partial charge in [0.25, 0.3) is 0 Å². The summed E-state index contributed by atoms with van der Waals surface area (Å²) in [6.45, 7) is 8.53. The average Bonchev–Trinajstić information content (AvgIpc) is 3.41. The Morgan fingerprint density at radius 3 is 2.47 bits per heavy atom. The van der Waals surface area contributed by atoms with Gasteiger partial charge in [0.15, 0.2) is 0 Å². The number of nitrogens with zero attached hydrogens (tertiary/aromatic N) is 5. The molecule has 2 aliphatic heterocycles. The van der Waals surface area contributed by atoms with Gasteiger partial charge in [-0.15, -0.1) is 10.2 Å². The highest BCUT2D eigenvalue weighted by molar-refractivity contribution is 5.58. The molecule has 1 unspecified atom stereocenters. The molecular formula is C23H33N5O2. The van der Waals surface area contributed by atoms with Gasteiger partial charge in [0, 0.05) is 46.0 Å². The number of rotatable bonds is 6. The number of aryl methyl sites for hydroxylation is 2. The second-order valence-electron chi connectivity index (χ2n) is 9.50. The number of fused-ring (bicyclic) bond motifs is 1. The summed E-state index contributed by atoms with van der Waals surface area (Å²) in [6.07, 6.45) is 6.90. The van der Waals surface area contributed by atoms with Gasteiger partial charge in [-0.25, -0.2) is 0 Å². The molecule has 0 amide bonds. The Bertz CT molecular complexity index is 812. The highest BCUT2D eigenvalue weighted by Crippen LogP contribution is 2.42. The Hall–Kier alpha value is -1.99. The van der Waals surface area contributed by atoms with Crippen molar-refractivity contribution in [2.45, 2.75) is 32.6 Å². The lowest BCUT2D eigenvalue weighted by Gasteiger charge is -2.27. The van der Waals surface area contributed by atoms with Crippen molar-refractivity contribution in [2.24, 2.45) is 30.7 Å². The first-order valence-corrected chi connectivity index (χ1v) is 11.4. The zero-order chi connectivity index (χ0) is 20.5. The number of aromatic nitrogens is 4. The standard InChI is InChI=1S/C23H33N5O2/c1-16-11-24-27(2)23(16)21-3-4-22(26-25-21)30-15-18-9-19-13-28(14-20(19)10-18)12-17-5-7-29-8-6-17/h3-4,11,17-20H,5-10,12-15H2,1-2H3/t18?,19-,20+. The molecule has 0 spiro atoms. The van der Waals surface area contributed by atoms with E-state index < -0.39 is 0 Å². The van der Waals surface area contributed by atoms with E-state index in [1.54, 1.807) is 0 Å². The zero-order valence-corrected chi connectivity index (χ0v) is 18.2. The second-order valence-corrected chi connectivity index (χ2v) is 9.50. The lowest BCUT2D eigenvalue weighted by Crippen LogP contribution is -2.32. The van der Waals surface area contributed by atoms with E-state index in [9.17, 15) is 0 Å². The van der Waals surface area contributed by atoms with E-state index in [-0.39, 0.29) is 0 Å². The zero-order valence-electron chi connectivity index (χ0n) is 18.2. The summed E-state index contributed by atoms with van der Waals surface area (Å²) in [5.41, 5.74) is 2.94. The van der Waals surface area contributed by atoms with Crippen LogP contribution in [0.4, 0.5) is 0 Å². The van der Waals surface area contributed by atoms with Crippen molar-refractivity contribution in [2.75, 3.05) is 39.5 Å². The Morgan fingerprint density at radius 2 is 1.83 bits per heavy atom. The summed E-state index contributed by atoms with van der Waals surface area (Å²) < 4.78 is 13.4. The molecule has 0 N–H and O–H groups in total. The molecule has 0 bridgehead atoms. The van der Waals surface area contributed by atoms with Crippen LogP contribution in [0.1, 0.15) is 31.2 Å². The predicted octanol–water partition coefficient (Wildman–Crippen LogP) is 2.95. The first-order valence-electron chi connectivity index (χ1n) is 11.4. The molecule has 0 aromatic carbocycles. The fourth-order valence-corrected chi connectivity index (χ4v) is 5.74. The van der Waals surface area contributed by atoms with E-state index in [1.807, 2.05) is 37.0 Å². The minimum atomic E-state index is 0.622. The summed E-state index contributed by atoms with van der Waals surface area (Å²) in [5.74, 6) is 3.80. The van der Waals surface area contributed by atoms with Crippen LogP contribution >= 0.6 is 0 Å². The maximum atomic E-state index is 6.01. The first kappa shape index (κ1) is 19.9. The Balaban J connectivity index is 1.09. The molecule has 2 aromatic rings. The van der Waals surface area contributed by atoms with Crippen molar-refractivity contribution in [1.82, 2.24) is 24.9 Å². The molecule has 2 aromatic heterocycles. The summed E-state index contributed by atoms with van der Waals surface area (Å²) in [5, 5.41) is 12.9. The van der Waals surface area contributed by atoms with Crippen molar-refractivity contribution in [3.05, 3.63) is 23.9 Å². The summed E-state index contributed by atoms with van der Waals surface area (Å²) >= 11 is 0. The number of hydrogen-bond donors (Lipinski definition) is 0. The monoisotopic (exact) mass is 411 g/mol. The van der Waals surface area contributed by atoms with E-state index >= 15 is 0 Å². The van der Waals surface area contributed by atoms with Gasteiger partial charge in [-0.1, -0.05) is 0 Å². The first-order chi connectivity index (χ1) is 14.7. The van der Waals surface area contributed by atoms with E-state index in [4.69, 9.17) is 9.47 Å². The van der Waals surface area contributed by atoms with Crippen LogP contribution in [-0.4, -0.2) is 64.3 Å². The minimum absolute atomic E-state index is 0.622. The highest BCUT2D eigenvalue weighted by atomic mass is 16.5. The smallest absolute Gasteiger partial charge is 0.233 e. The van der Waals surface area contributed by atoms with Crippen LogP contribution < -0.4 is 4.74 Å². The van der Waals surface area contributed by atoms with Crippen molar-refractivity contribution in [3.63, 3.8) is 0 Å². The Labute approximate surface area is 178 Å². The summed E-state index contributed by atoms with van der Waals surface area (Å²) in [7, 11) is 1.93. The Morgan fingerprint density at radius 1 is 1.07 bits per heavy atom. The molecule has 0 radical (unpaired) electrons. The maximum Gasteiger partial charge on any atom is 0.233 e. The van der Waals surface area contributed by atoms with Crippen molar-refractivity contribution in [1.29, 1.82) is 0 Å². The van der Waals surface area contributed by atoms with E-state index in [2.05, 4.69) is 20.2 Å². The number of ether oxygens (including phenoxy) is 2. The van der Waals surface area contributed by atoms with E-state index in [0.717, 1.165) is 54.5 Å². The van der Waals surface area contributed by atoms with Crippen LogP contribution in [0.2, 0.25) is 0 Å². The van der Waals surface area contributed by atoms with Gasteiger partial charge >= 0.3 is 0 Å². The van der Waals surface area contributed by atoms with Gasteiger partial charge in [-0.3, -0.25) is 4.68 Å². The lowest BCUT2D eigenvalue weighted by molar-refractivity contribution is 0.0542. The third-order valence-corrected chi connectivity index (χ3v) is 7.25. The third-order valence-electron chi connectivity index (χ3n) is 7.25. The van der Waals surface area contributed by atoms with Gasteiger partial charge in [-0.05, 0) is 67.9 Å². The molecule has 3 atom stereocenters. The molecule has 7 heteroatoms. The topological polar surface area (TPSA) is 65.3 Å². The average molecular weight is 412 g/mol. The summed E-state index contributed by atoms with van der Waals surface area (Å²) in [4.78, 5) is 2.72. The van der Waals surface area contributed by atoms with Crippen molar-refractivity contribution < 1.29 is 9.47 Å². The van der Waals surface area contributed by atoms with Crippen LogP contribution in [0, 0.1) is 30.6 Å².